The van der Waals surface area contributed by atoms with Crippen molar-refractivity contribution in [2.75, 3.05) is 13.2 Å². The van der Waals surface area contributed by atoms with Gasteiger partial charge in [-0.3, -0.25) is 0 Å². The number of hydrogen-bond donors (Lipinski definition) is 0. The molecule has 0 bridgehead atoms. The molecule has 0 aromatic heterocycles. The Bertz CT molecular complexity index is 176. The van der Waals surface area contributed by atoms with Gasteiger partial charge in [0.05, 0.1) is 25.2 Å². The van der Waals surface area contributed by atoms with Crippen molar-refractivity contribution in [3.8, 4) is 6.07 Å². The van der Waals surface area contributed by atoms with Crippen molar-refractivity contribution in [2.24, 2.45) is 17.3 Å². The second kappa shape index (κ2) is 2.83. The molecule has 0 amide bonds. The van der Waals surface area contributed by atoms with Crippen LogP contribution in [0.5, 0.6) is 0 Å². The quantitative estimate of drug-likeness (QED) is 0.606. The SMILES string of the molecule is CC(C)C(C#N)C1(C)COC1. The van der Waals surface area contributed by atoms with Gasteiger partial charge in [-0.1, -0.05) is 20.8 Å². The largest absolute Gasteiger partial charge is 0.380 e. The smallest absolute Gasteiger partial charge is 0.0666 e. The van der Waals surface area contributed by atoms with E-state index in [4.69, 9.17) is 10.00 Å². The van der Waals surface area contributed by atoms with Gasteiger partial charge in [-0.2, -0.15) is 5.26 Å². The number of rotatable bonds is 2. The van der Waals surface area contributed by atoms with Crippen LogP contribution >= 0.6 is 0 Å². The van der Waals surface area contributed by atoms with Crippen LogP contribution in [0.2, 0.25) is 0 Å². The van der Waals surface area contributed by atoms with Crippen molar-refractivity contribution in [3.05, 3.63) is 0 Å². The minimum atomic E-state index is 0.128. The molecule has 2 nitrogen and oxygen atoms in total. The van der Waals surface area contributed by atoms with E-state index in [-0.39, 0.29) is 11.3 Å². The highest BCUT2D eigenvalue weighted by molar-refractivity contribution is 5.00. The zero-order valence-corrected chi connectivity index (χ0v) is 7.42. The molecule has 62 valence electrons. The molecule has 0 aromatic carbocycles. The van der Waals surface area contributed by atoms with Crippen LogP contribution in [0.4, 0.5) is 0 Å². The lowest BCUT2D eigenvalue weighted by Crippen LogP contribution is -2.47. The highest BCUT2D eigenvalue weighted by atomic mass is 16.5. The van der Waals surface area contributed by atoms with Crippen molar-refractivity contribution in [1.29, 1.82) is 5.26 Å². The summed E-state index contributed by atoms with van der Waals surface area (Å²) >= 11 is 0. The summed E-state index contributed by atoms with van der Waals surface area (Å²) in [7, 11) is 0. The van der Waals surface area contributed by atoms with Crippen LogP contribution in [-0.4, -0.2) is 13.2 Å². The Balaban J connectivity index is 2.63. The fourth-order valence-corrected chi connectivity index (χ4v) is 1.71. The molecule has 1 saturated heterocycles. The van der Waals surface area contributed by atoms with Crippen molar-refractivity contribution in [3.63, 3.8) is 0 Å². The third-order valence-corrected chi connectivity index (χ3v) is 2.42. The molecule has 0 saturated carbocycles. The molecule has 1 atom stereocenters. The summed E-state index contributed by atoms with van der Waals surface area (Å²) in [4.78, 5) is 0. The van der Waals surface area contributed by atoms with Crippen LogP contribution in [0, 0.1) is 28.6 Å². The van der Waals surface area contributed by atoms with Gasteiger partial charge in [0.2, 0.25) is 0 Å². The summed E-state index contributed by atoms with van der Waals surface area (Å²) in [5.74, 6) is 0.588. The Morgan fingerprint density at radius 1 is 1.45 bits per heavy atom. The zero-order chi connectivity index (χ0) is 8.48. The minimum Gasteiger partial charge on any atom is -0.380 e. The van der Waals surface area contributed by atoms with Crippen LogP contribution < -0.4 is 0 Å². The first kappa shape index (κ1) is 8.55. The van der Waals surface area contributed by atoms with Crippen LogP contribution in [0.25, 0.3) is 0 Å². The second-order valence-electron chi connectivity index (χ2n) is 4.00. The van der Waals surface area contributed by atoms with Crippen molar-refractivity contribution < 1.29 is 4.74 Å². The third kappa shape index (κ3) is 1.39. The van der Waals surface area contributed by atoms with Gasteiger partial charge in [-0.25, -0.2) is 0 Å². The lowest BCUT2D eigenvalue weighted by atomic mass is 9.71. The number of ether oxygens (including phenoxy) is 1. The van der Waals surface area contributed by atoms with Crippen molar-refractivity contribution in [2.45, 2.75) is 20.8 Å². The van der Waals surface area contributed by atoms with E-state index >= 15 is 0 Å². The summed E-state index contributed by atoms with van der Waals surface area (Å²) in [6.45, 7) is 7.83. The lowest BCUT2D eigenvalue weighted by molar-refractivity contribution is -0.130. The van der Waals surface area contributed by atoms with Crippen LogP contribution in [0.15, 0.2) is 0 Å². The lowest BCUT2D eigenvalue weighted by Gasteiger charge is -2.43. The molecule has 0 aliphatic carbocycles. The molecule has 0 aromatic rings. The Morgan fingerprint density at radius 2 is 2.00 bits per heavy atom. The average Bonchev–Trinajstić information content (AvgIpc) is 1.85. The van der Waals surface area contributed by atoms with Gasteiger partial charge < -0.3 is 4.74 Å². The normalized spacial score (nSPS) is 23.9. The van der Waals surface area contributed by atoms with Gasteiger partial charge in [0.15, 0.2) is 0 Å². The molecule has 0 radical (unpaired) electrons. The van der Waals surface area contributed by atoms with Gasteiger partial charge in [0, 0.05) is 5.41 Å². The van der Waals surface area contributed by atoms with E-state index in [9.17, 15) is 0 Å². The Labute approximate surface area is 68.2 Å². The summed E-state index contributed by atoms with van der Waals surface area (Å²) in [6, 6.07) is 2.36. The molecule has 1 aliphatic heterocycles. The maximum atomic E-state index is 8.89. The first-order valence-corrected chi connectivity index (χ1v) is 4.07. The van der Waals surface area contributed by atoms with Crippen LogP contribution in [0.1, 0.15) is 20.8 Å². The standard InChI is InChI=1S/C9H15NO/c1-7(2)8(4-10)9(3)5-11-6-9/h7-8H,5-6H2,1-3H3. The van der Waals surface area contributed by atoms with E-state index in [1.807, 2.05) is 0 Å². The highest BCUT2D eigenvalue weighted by Crippen LogP contribution is 2.38. The summed E-state index contributed by atoms with van der Waals surface area (Å²) in [5, 5.41) is 8.89. The van der Waals surface area contributed by atoms with Gasteiger partial charge in [0.1, 0.15) is 0 Å². The molecule has 1 aliphatic rings. The van der Waals surface area contributed by atoms with E-state index < -0.39 is 0 Å². The zero-order valence-electron chi connectivity index (χ0n) is 7.42. The first-order chi connectivity index (χ1) is 5.10. The fourth-order valence-electron chi connectivity index (χ4n) is 1.71. The maximum absolute atomic E-state index is 8.89. The molecule has 0 N–H and O–H groups in total. The molecular formula is C9H15NO. The Morgan fingerprint density at radius 3 is 2.09 bits per heavy atom. The van der Waals surface area contributed by atoms with Gasteiger partial charge in [-0.05, 0) is 5.92 Å². The highest BCUT2D eigenvalue weighted by Gasteiger charge is 2.42. The third-order valence-electron chi connectivity index (χ3n) is 2.42. The van der Waals surface area contributed by atoms with Gasteiger partial charge >= 0.3 is 0 Å². The van der Waals surface area contributed by atoms with Crippen LogP contribution in [-0.2, 0) is 4.74 Å². The molecule has 1 rings (SSSR count). The maximum Gasteiger partial charge on any atom is 0.0666 e. The molecule has 2 heteroatoms. The monoisotopic (exact) mass is 153 g/mol. The molecule has 1 heterocycles. The molecule has 1 fully saturated rings. The molecule has 1 unspecified atom stereocenters. The summed E-state index contributed by atoms with van der Waals surface area (Å²) < 4.78 is 5.12. The topological polar surface area (TPSA) is 33.0 Å². The molecule has 0 spiro atoms. The fraction of sp³-hybridized carbons (Fsp3) is 0.889. The Kier molecular flexibility index (Phi) is 2.20. The molecule has 11 heavy (non-hydrogen) atoms. The second-order valence-corrected chi connectivity index (χ2v) is 4.00. The summed E-state index contributed by atoms with van der Waals surface area (Å²) in [6.07, 6.45) is 0. The predicted molar refractivity (Wildman–Crippen MR) is 42.9 cm³/mol. The number of nitrogens with zero attached hydrogens (tertiary/aromatic N) is 1. The van der Waals surface area contributed by atoms with E-state index in [1.165, 1.54) is 0 Å². The van der Waals surface area contributed by atoms with E-state index in [0.29, 0.717) is 5.92 Å². The van der Waals surface area contributed by atoms with Crippen molar-refractivity contribution in [1.82, 2.24) is 0 Å². The minimum absolute atomic E-state index is 0.128. The van der Waals surface area contributed by atoms with Crippen molar-refractivity contribution >= 4 is 0 Å². The summed E-state index contributed by atoms with van der Waals surface area (Å²) in [5.41, 5.74) is 0.128. The van der Waals surface area contributed by atoms with Crippen LogP contribution in [0.3, 0.4) is 0 Å². The predicted octanol–water partition coefficient (Wildman–Crippen LogP) is 1.82. The van der Waals surface area contributed by atoms with Gasteiger partial charge in [0.25, 0.3) is 0 Å². The van der Waals surface area contributed by atoms with E-state index in [1.54, 1.807) is 0 Å². The first-order valence-electron chi connectivity index (χ1n) is 4.07. The Hall–Kier alpha value is -0.550. The average molecular weight is 153 g/mol. The number of hydrogen-bond acceptors (Lipinski definition) is 2. The molecular weight excluding hydrogens is 138 g/mol. The van der Waals surface area contributed by atoms with E-state index in [2.05, 4.69) is 26.8 Å². The van der Waals surface area contributed by atoms with E-state index in [0.717, 1.165) is 13.2 Å². The van der Waals surface area contributed by atoms with Gasteiger partial charge in [-0.15, -0.1) is 0 Å². The number of nitriles is 1.